The summed E-state index contributed by atoms with van der Waals surface area (Å²) >= 11 is 5.89. The van der Waals surface area contributed by atoms with Crippen LogP contribution in [0.3, 0.4) is 0 Å². The maximum Gasteiger partial charge on any atom is 0.338 e. The van der Waals surface area contributed by atoms with Crippen LogP contribution >= 0.6 is 67.8 Å². The molecule has 6 nitrogen and oxygen atoms in total. The summed E-state index contributed by atoms with van der Waals surface area (Å²) in [5.74, 6) is -1.53. The van der Waals surface area contributed by atoms with Gasteiger partial charge in [0.2, 0.25) is 11.8 Å². The van der Waals surface area contributed by atoms with E-state index in [0.717, 1.165) is 0 Å². The molecule has 0 bridgehead atoms. The molecule has 0 unspecified atom stereocenters. The van der Waals surface area contributed by atoms with E-state index in [1.807, 2.05) is 67.8 Å². The molecule has 0 saturated heterocycles. The number of carboxylic acids is 1. The molecule has 1 rings (SSSR count). The first-order valence-corrected chi connectivity index (χ1v) is 9.18. The predicted molar refractivity (Wildman–Crippen MR) is 110 cm³/mol. The number of carbonyl (C=O) groups excluding carboxylic acids is 2. The van der Waals surface area contributed by atoms with Crippen LogP contribution in [0.25, 0.3) is 0 Å². The molecule has 0 atom stereocenters. The zero-order valence-electron chi connectivity index (χ0n) is 12.2. The SMILES string of the molecule is CC(=O)N(C)c1c(I)c(C(=O)O)c(I)c(N(C)C(C)=O)c1I. The summed E-state index contributed by atoms with van der Waals surface area (Å²) in [6.07, 6.45) is 0. The molecule has 0 aromatic heterocycles. The first-order chi connectivity index (χ1) is 10.0. The number of hydrogen-bond acceptors (Lipinski definition) is 3. The number of amides is 2. The number of benzene rings is 1. The summed E-state index contributed by atoms with van der Waals surface area (Å²) in [5.41, 5.74) is 1.08. The fourth-order valence-corrected chi connectivity index (χ4v) is 6.80. The molecule has 120 valence electrons. The number of halogens is 3. The van der Waals surface area contributed by atoms with E-state index >= 15 is 0 Å². The van der Waals surface area contributed by atoms with Crippen molar-refractivity contribution in [3.05, 3.63) is 16.3 Å². The minimum Gasteiger partial charge on any atom is -0.478 e. The highest BCUT2D eigenvalue weighted by Gasteiger charge is 2.29. The van der Waals surface area contributed by atoms with Crippen LogP contribution in [0, 0.1) is 10.7 Å². The van der Waals surface area contributed by atoms with Crippen LogP contribution in [-0.2, 0) is 9.59 Å². The third-order valence-corrected chi connectivity index (χ3v) is 6.22. The van der Waals surface area contributed by atoms with Crippen molar-refractivity contribution in [1.29, 1.82) is 0 Å². The van der Waals surface area contributed by atoms with Crippen LogP contribution in [-0.4, -0.2) is 37.0 Å². The zero-order valence-corrected chi connectivity index (χ0v) is 18.7. The fourth-order valence-electron chi connectivity index (χ4n) is 1.73. The molecule has 22 heavy (non-hydrogen) atoms. The van der Waals surface area contributed by atoms with Crippen molar-refractivity contribution in [3.63, 3.8) is 0 Å². The van der Waals surface area contributed by atoms with Gasteiger partial charge in [0.1, 0.15) is 0 Å². The van der Waals surface area contributed by atoms with E-state index in [2.05, 4.69) is 0 Å². The number of hydrogen-bond donors (Lipinski definition) is 1. The monoisotopic (exact) mass is 642 g/mol. The lowest BCUT2D eigenvalue weighted by Gasteiger charge is -2.27. The van der Waals surface area contributed by atoms with Crippen molar-refractivity contribution in [2.24, 2.45) is 0 Å². The second-order valence-corrected chi connectivity index (χ2v) is 7.71. The lowest BCUT2D eigenvalue weighted by Crippen LogP contribution is -2.30. The van der Waals surface area contributed by atoms with Gasteiger partial charge in [-0.05, 0) is 67.8 Å². The topological polar surface area (TPSA) is 77.9 Å². The smallest absolute Gasteiger partial charge is 0.338 e. The van der Waals surface area contributed by atoms with Crippen molar-refractivity contribution < 1.29 is 19.5 Å². The molecule has 0 spiro atoms. The first kappa shape index (κ1) is 19.9. The number of nitrogens with zero attached hydrogens (tertiary/aromatic N) is 2. The predicted octanol–water partition coefficient (Wildman–Crippen LogP) is 3.16. The Kier molecular flexibility index (Phi) is 6.86. The molecule has 1 aromatic rings. The van der Waals surface area contributed by atoms with Crippen molar-refractivity contribution >= 4 is 96.9 Å². The third-order valence-electron chi connectivity index (χ3n) is 3.10. The molecule has 1 N–H and O–H groups in total. The van der Waals surface area contributed by atoms with Gasteiger partial charge in [-0.3, -0.25) is 9.59 Å². The Morgan fingerprint density at radius 3 is 1.36 bits per heavy atom. The lowest BCUT2D eigenvalue weighted by atomic mass is 10.1. The van der Waals surface area contributed by atoms with Crippen molar-refractivity contribution in [2.75, 3.05) is 23.9 Å². The van der Waals surface area contributed by atoms with Crippen LogP contribution in [0.2, 0.25) is 0 Å². The Balaban J connectivity index is 3.91. The Bertz CT molecular complexity index is 629. The summed E-state index contributed by atoms with van der Waals surface area (Å²) in [6, 6.07) is 0. The third kappa shape index (κ3) is 3.66. The highest BCUT2D eigenvalue weighted by Crippen LogP contribution is 2.41. The molecular formula is C13H13I3N2O4. The van der Waals surface area contributed by atoms with Crippen molar-refractivity contribution in [1.82, 2.24) is 0 Å². The molecule has 0 saturated carbocycles. The molecule has 0 aliphatic rings. The van der Waals surface area contributed by atoms with E-state index in [1.54, 1.807) is 14.1 Å². The van der Waals surface area contributed by atoms with E-state index < -0.39 is 5.97 Å². The van der Waals surface area contributed by atoms with Gasteiger partial charge in [-0.1, -0.05) is 0 Å². The van der Waals surface area contributed by atoms with Gasteiger partial charge in [0, 0.05) is 27.9 Å². The second-order valence-electron chi connectivity index (χ2n) is 4.48. The summed E-state index contributed by atoms with van der Waals surface area (Å²) in [5, 5.41) is 9.51. The van der Waals surface area contributed by atoms with Gasteiger partial charge in [0.25, 0.3) is 0 Å². The van der Waals surface area contributed by atoms with Crippen molar-refractivity contribution in [3.8, 4) is 0 Å². The van der Waals surface area contributed by atoms with E-state index in [9.17, 15) is 19.5 Å². The quantitative estimate of drug-likeness (QED) is 0.515. The molecular weight excluding hydrogens is 629 g/mol. The van der Waals surface area contributed by atoms with Crippen LogP contribution < -0.4 is 9.80 Å². The van der Waals surface area contributed by atoms with Gasteiger partial charge in [0.15, 0.2) is 0 Å². The molecule has 9 heteroatoms. The van der Waals surface area contributed by atoms with E-state index in [0.29, 0.717) is 22.1 Å². The minimum absolute atomic E-state index is 0.0906. The average Bonchev–Trinajstić information content (AvgIpc) is 2.37. The minimum atomic E-state index is -1.10. The van der Waals surface area contributed by atoms with Crippen LogP contribution in [0.15, 0.2) is 0 Å². The Labute approximate surface area is 169 Å². The highest BCUT2D eigenvalue weighted by atomic mass is 127. The molecule has 1 aromatic carbocycles. The van der Waals surface area contributed by atoms with E-state index in [1.165, 1.54) is 23.6 Å². The van der Waals surface area contributed by atoms with Gasteiger partial charge < -0.3 is 14.9 Å². The molecule has 0 heterocycles. The molecule has 2 amide bonds. The molecule has 0 fully saturated rings. The number of rotatable bonds is 3. The maximum absolute atomic E-state index is 11.7. The first-order valence-electron chi connectivity index (χ1n) is 5.94. The van der Waals surface area contributed by atoms with Gasteiger partial charge >= 0.3 is 5.97 Å². The standard InChI is InChI=1S/C13H13I3N2O4/c1-5(19)17(3)11-8(14)7(13(21)22)9(15)12(10(11)16)18(4)6(2)20/h1-4H3,(H,21,22). The summed E-state index contributed by atoms with van der Waals surface area (Å²) in [4.78, 5) is 37.8. The van der Waals surface area contributed by atoms with Crippen molar-refractivity contribution in [2.45, 2.75) is 13.8 Å². The zero-order chi connectivity index (χ0) is 17.4. The summed E-state index contributed by atoms with van der Waals surface area (Å²) in [7, 11) is 3.16. The van der Waals surface area contributed by atoms with Gasteiger partial charge in [-0.25, -0.2) is 4.79 Å². The van der Waals surface area contributed by atoms with Gasteiger partial charge in [-0.2, -0.15) is 0 Å². The Hall–Kier alpha value is -0.180. The van der Waals surface area contributed by atoms with E-state index in [4.69, 9.17) is 0 Å². The van der Waals surface area contributed by atoms with Crippen LogP contribution in [0.1, 0.15) is 24.2 Å². The number of anilines is 2. The Morgan fingerprint density at radius 2 is 1.14 bits per heavy atom. The van der Waals surface area contributed by atoms with Gasteiger partial charge in [-0.15, -0.1) is 0 Å². The normalized spacial score (nSPS) is 10.3. The van der Waals surface area contributed by atoms with Gasteiger partial charge in [0.05, 0.1) is 27.6 Å². The van der Waals surface area contributed by atoms with Crippen LogP contribution in [0.4, 0.5) is 11.4 Å². The Morgan fingerprint density at radius 1 is 0.818 bits per heavy atom. The number of carbonyl (C=O) groups is 3. The second kappa shape index (κ2) is 7.59. The summed E-state index contributed by atoms with van der Waals surface area (Å²) < 4.78 is 1.60. The number of carboxylic acid groups (broad SMARTS) is 1. The van der Waals surface area contributed by atoms with E-state index in [-0.39, 0.29) is 17.4 Å². The lowest BCUT2D eigenvalue weighted by molar-refractivity contribution is -0.117. The number of aromatic carboxylic acids is 1. The molecule has 0 aliphatic carbocycles. The summed E-state index contributed by atoms with van der Waals surface area (Å²) in [6.45, 7) is 2.80. The highest BCUT2D eigenvalue weighted by molar-refractivity contribution is 14.1. The van der Waals surface area contributed by atoms with Crippen LogP contribution in [0.5, 0.6) is 0 Å². The maximum atomic E-state index is 11.7. The molecule has 0 aliphatic heterocycles. The fraction of sp³-hybridized carbons (Fsp3) is 0.308. The molecule has 0 radical (unpaired) electrons. The largest absolute Gasteiger partial charge is 0.478 e. The average molecular weight is 642 g/mol.